The van der Waals surface area contributed by atoms with Gasteiger partial charge in [-0.2, -0.15) is 0 Å². The van der Waals surface area contributed by atoms with Crippen molar-refractivity contribution in [3.05, 3.63) is 34.9 Å². The SMILES string of the molecule is CC(C)C(O)CC(=O)NNC(=O)Cc1ccc(Cl)cc1. The van der Waals surface area contributed by atoms with Gasteiger partial charge in [-0.05, 0) is 23.6 Å². The number of hydrogen-bond donors (Lipinski definition) is 3. The first kappa shape index (κ1) is 16.5. The first-order chi connectivity index (χ1) is 9.38. The number of hydrogen-bond acceptors (Lipinski definition) is 3. The zero-order valence-corrected chi connectivity index (χ0v) is 12.3. The Hall–Kier alpha value is -1.59. The van der Waals surface area contributed by atoms with Gasteiger partial charge in [-0.25, -0.2) is 0 Å². The summed E-state index contributed by atoms with van der Waals surface area (Å²) in [5.74, 6) is -0.763. The van der Waals surface area contributed by atoms with Crippen LogP contribution in [0.3, 0.4) is 0 Å². The molecule has 0 heterocycles. The van der Waals surface area contributed by atoms with Crippen LogP contribution < -0.4 is 10.9 Å². The Morgan fingerprint density at radius 1 is 1.15 bits per heavy atom. The minimum absolute atomic E-state index is 0.00878. The summed E-state index contributed by atoms with van der Waals surface area (Å²) in [7, 11) is 0. The fourth-order valence-electron chi connectivity index (χ4n) is 1.45. The molecule has 5 nitrogen and oxygen atoms in total. The lowest BCUT2D eigenvalue weighted by atomic mass is 10.0. The van der Waals surface area contributed by atoms with Gasteiger partial charge in [0.1, 0.15) is 0 Å². The average molecular weight is 299 g/mol. The van der Waals surface area contributed by atoms with E-state index in [1.54, 1.807) is 24.3 Å². The molecular weight excluding hydrogens is 280 g/mol. The Balaban J connectivity index is 2.32. The number of nitrogens with one attached hydrogen (secondary N) is 2. The van der Waals surface area contributed by atoms with Gasteiger partial charge in [0.25, 0.3) is 0 Å². The molecule has 1 aromatic rings. The highest BCUT2D eigenvalue weighted by molar-refractivity contribution is 6.30. The van der Waals surface area contributed by atoms with Crippen molar-refractivity contribution in [3.8, 4) is 0 Å². The Morgan fingerprint density at radius 2 is 1.70 bits per heavy atom. The van der Waals surface area contributed by atoms with E-state index >= 15 is 0 Å². The van der Waals surface area contributed by atoms with Gasteiger partial charge in [-0.3, -0.25) is 20.4 Å². The van der Waals surface area contributed by atoms with Crippen molar-refractivity contribution in [2.45, 2.75) is 32.8 Å². The molecule has 0 fully saturated rings. The minimum Gasteiger partial charge on any atom is -0.392 e. The molecule has 0 aliphatic heterocycles. The topological polar surface area (TPSA) is 78.4 Å². The Kier molecular flexibility index (Phi) is 6.48. The van der Waals surface area contributed by atoms with Crippen LogP contribution in [0, 0.1) is 5.92 Å². The molecule has 0 aromatic heterocycles. The van der Waals surface area contributed by atoms with E-state index < -0.39 is 12.0 Å². The third kappa shape index (κ3) is 6.04. The number of halogens is 1. The van der Waals surface area contributed by atoms with Gasteiger partial charge in [-0.1, -0.05) is 37.6 Å². The first-order valence-electron chi connectivity index (χ1n) is 6.38. The molecule has 1 aromatic carbocycles. The number of benzene rings is 1. The molecule has 1 unspecified atom stereocenters. The van der Waals surface area contributed by atoms with Crippen molar-refractivity contribution < 1.29 is 14.7 Å². The quantitative estimate of drug-likeness (QED) is 0.720. The third-order valence-corrected chi connectivity index (χ3v) is 3.04. The predicted octanol–water partition coefficient (Wildman–Crippen LogP) is 1.44. The van der Waals surface area contributed by atoms with Crippen LogP contribution in [-0.4, -0.2) is 23.0 Å². The zero-order valence-electron chi connectivity index (χ0n) is 11.5. The molecule has 3 N–H and O–H groups in total. The number of rotatable bonds is 5. The summed E-state index contributed by atoms with van der Waals surface area (Å²) < 4.78 is 0. The van der Waals surface area contributed by atoms with E-state index in [1.807, 2.05) is 13.8 Å². The summed E-state index contributed by atoms with van der Waals surface area (Å²) in [4.78, 5) is 23.1. The Bertz CT molecular complexity index is 460. The van der Waals surface area contributed by atoms with Gasteiger partial charge < -0.3 is 5.11 Å². The summed E-state index contributed by atoms with van der Waals surface area (Å²) >= 11 is 5.74. The van der Waals surface area contributed by atoms with Crippen molar-refractivity contribution in [2.24, 2.45) is 5.92 Å². The lowest BCUT2D eigenvalue weighted by Crippen LogP contribution is -2.43. The molecule has 0 spiro atoms. The second kappa shape index (κ2) is 7.87. The van der Waals surface area contributed by atoms with Crippen LogP contribution in [0.15, 0.2) is 24.3 Å². The number of carbonyl (C=O) groups excluding carboxylic acids is 2. The molecule has 0 radical (unpaired) electrons. The first-order valence-corrected chi connectivity index (χ1v) is 6.76. The van der Waals surface area contributed by atoms with Crippen LogP contribution >= 0.6 is 11.6 Å². The van der Waals surface area contributed by atoms with Gasteiger partial charge in [0.2, 0.25) is 11.8 Å². The van der Waals surface area contributed by atoms with E-state index in [9.17, 15) is 14.7 Å². The van der Waals surface area contributed by atoms with Crippen LogP contribution in [0.25, 0.3) is 0 Å². The van der Waals surface area contributed by atoms with Crippen LogP contribution in [0.5, 0.6) is 0 Å². The molecule has 6 heteroatoms. The molecule has 0 saturated heterocycles. The largest absolute Gasteiger partial charge is 0.392 e. The van der Waals surface area contributed by atoms with Crippen molar-refractivity contribution >= 4 is 23.4 Å². The van der Waals surface area contributed by atoms with Gasteiger partial charge in [0.05, 0.1) is 18.9 Å². The molecule has 1 atom stereocenters. The van der Waals surface area contributed by atoms with Gasteiger partial charge in [-0.15, -0.1) is 0 Å². The van der Waals surface area contributed by atoms with Crippen LogP contribution in [-0.2, 0) is 16.0 Å². The number of aliphatic hydroxyl groups excluding tert-OH is 1. The maximum atomic E-state index is 11.6. The smallest absolute Gasteiger partial charge is 0.242 e. The molecule has 0 bridgehead atoms. The molecule has 110 valence electrons. The van der Waals surface area contributed by atoms with Crippen molar-refractivity contribution in [1.29, 1.82) is 0 Å². The monoisotopic (exact) mass is 298 g/mol. The van der Waals surface area contributed by atoms with E-state index in [-0.39, 0.29) is 24.7 Å². The van der Waals surface area contributed by atoms with Gasteiger partial charge in [0.15, 0.2) is 0 Å². The maximum absolute atomic E-state index is 11.6. The van der Waals surface area contributed by atoms with E-state index in [1.165, 1.54) is 0 Å². The minimum atomic E-state index is -0.719. The fourth-order valence-corrected chi connectivity index (χ4v) is 1.57. The van der Waals surface area contributed by atoms with E-state index in [2.05, 4.69) is 10.9 Å². The highest BCUT2D eigenvalue weighted by atomic mass is 35.5. The summed E-state index contributed by atoms with van der Waals surface area (Å²) in [6.07, 6.45) is -0.619. The van der Waals surface area contributed by atoms with Gasteiger partial charge >= 0.3 is 0 Å². The highest BCUT2D eigenvalue weighted by Gasteiger charge is 2.14. The summed E-state index contributed by atoms with van der Waals surface area (Å²) in [5, 5.41) is 10.1. The second-order valence-corrected chi connectivity index (χ2v) is 5.35. The summed E-state index contributed by atoms with van der Waals surface area (Å²) in [6, 6.07) is 6.88. The summed E-state index contributed by atoms with van der Waals surface area (Å²) in [5.41, 5.74) is 5.38. The maximum Gasteiger partial charge on any atom is 0.242 e. The second-order valence-electron chi connectivity index (χ2n) is 4.92. The number of amides is 2. The standard InChI is InChI=1S/C14H19ClN2O3/c1-9(2)12(18)8-14(20)17-16-13(19)7-10-3-5-11(15)6-4-10/h3-6,9,12,18H,7-8H2,1-2H3,(H,16,19)(H,17,20). The molecule has 2 amide bonds. The molecule has 20 heavy (non-hydrogen) atoms. The molecule has 0 aliphatic carbocycles. The Labute approximate surface area is 123 Å². The van der Waals surface area contributed by atoms with Crippen molar-refractivity contribution in [3.63, 3.8) is 0 Å². The van der Waals surface area contributed by atoms with E-state index in [4.69, 9.17) is 11.6 Å². The molecule has 0 saturated carbocycles. The average Bonchev–Trinajstić information content (AvgIpc) is 2.39. The zero-order chi connectivity index (χ0) is 15.1. The van der Waals surface area contributed by atoms with Gasteiger partial charge in [0, 0.05) is 5.02 Å². The van der Waals surface area contributed by atoms with Crippen molar-refractivity contribution in [1.82, 2.24) is 10.9 Å². The fraction of sp³-hybridized carbons (Fsp3) is 0.429. The van der Waals surface area contributed by atoms with Crippen molar-refractivity contribution in [2.75, 3.05) is 0 Å². The lowest BCUT2D eigenvalue weighted by molar-refractivity contribution is -0.130. The molecule has 0 aliphatic rings. The number of carbonyl (C=O) groups is 2. The summed E-state index contributed by atoms with van der Waals surface area (Å²) in [6.45, 7) is 3.63. The predicted molar refractivity (Wildman–Crippen MR) is 76.9 cm³/mol. The normalized spacial score (nSPS) is 12.1. The van der Waals surface area contributed by atoms with Crippen LogP contribution in [0.4, 0.5) is 0 Å². The lowest BCUT2D eigenvalue weighted by Gasteiger charge is -2.14. The highest BCUT2D eigenvalue weighted by Crippen LogP contribution is 2.09. The Morgan fingerprint density at radius 3 is 2.25 bits per heavy atom. The van der Waals surface area contributed by atoms with Crippen LogP contribution in [0.1, 0.15) is 25.8 Å². The van der Waals surface area contributed by atoms with E-state index in [0.29, 0.717) is 5.02 Å². The van der Waals surface area contributed by atoms with E-state index in [0.717, 1.165) is 5.56 Å². The van der Waals surface area contributed by atoms with Crippen LogP contribution in [0.2, 0.25) is 5.02 Å². The molecular formula is C14H19ClN2O3. The number of hydrazine groups is 1. The number of aliphatic hydroxyl groups is 1. The molecule has 1 rings (SSSR count). The third-order valence-electron chi connectivity index (χ3n) is 2.78.